The summed E-state index contributed by atoms with van der Waals surface area (Å²) in [7, 11) is 0. The van der Waals surface area contributed by atoms with Crippen molar-refractivity contribution < 1.29 is 33.7 Å². The lowest BCUT2D eigenvalue weighted by Crippen LogP contribution is -2.45. The Morgan fingerprint density at radius 3 is 2.67 bits per heavy atom. The van der Waals surface area contributed by atoms with Gasteiger partial charge >= 0.3 is 11.9 Å². The molecule has 7 nitrogen and oxygen atoms in total. The maximum absolute atomic E-state index is 12.4. The van der Waals surface area contributed by atoms with Gasteiger partial charge in [-0.1, -0.05) is 19.2 Å². The second-order valence-corrected chi connectivity index (χ2v) is 7.22. The van der Waals surface area contributed by atoms with Crippen molar-refractivity contribution in [1.82, 2.24) is 0 Å². The van der Waals surface area contributed by atoms with Gasteiger partial charge in [0.25, 0.3) is 0 Å². The van der Waals surface area contributed by atoms with Crippen LogP contribution in [0, 0.1) is 5.92 Å². The zero-order valence-corrected chi connectivity index (χ0v) is 15.5. The predicted octanol–water partition coefficient (Wildman–Crippen LogP) is 1.52. The molecular weight excluding hydrogens is 352 g/mol. The van der Waals surface area contributed by atoms with E-state index in [1.807, 2.05) is 0 Å². The lowest BCUT2D eigenvalue weighted by atomic mass is 9.80. The molecule has 0 amide bonds. The molecule has 3 rings (SSSR count). The molecule has 0 radical (unpaired) electrons. The number of fused-ring (bicyclic) bond motifs is 3. The topological polar surface area (TPSA) is 99.1 Å². The molecule has 5 atom stereocenters. The van der Waals surface area contributed by atoms with E-state index < -0.39 is 41.8 Å². The van der Waals surface area contributed by atoms with Crippen LogP contribution >= 0.6 is 0 Å². The molecule has 7 heteroatoms. The Labute approximate surface area is 157 Å². The van der Waals surface area contributed by atoms with Crippen LogP contribution < -0.4 is 0 Å². The largest absolute Gasteiger partial charge is 0.479 e. The monoisotopic (exact) mass is 374 g/mol. The van der Waals surface area contributed by atoms with Crippen LogP contribution in [0.25, 0.3) is 0 Å². The van der Waals surface area contributed by atoms with Crippen LogP contribution in [-0.4, -0.2) is 46.7 Å². The quantitative estimate of drug-likeness (QED) is 0.578. The maximum Gasteiger partial charge on any atom is 0.334 e. The minimum absolute atomic E-state index is 0.0396. The number of aliphatic hydroxyl groups excluding tert-OH is 1. The second kappa shape index (κ2) is 6.49. The Morgan fingerprint density at radius 1 is 1.37 bits per heavy atom. The molecule has 27 heavy (non-hydrogen) atoms. The number of rotatable bonds is 2. The lowest BCUT2D eigenvalue weighted by molar-refractivity contribution is -0.155. The Kier molecular flexibility index (Phi) is 4.59. The first-order valence-electron chi connectivity index (χ1n) is 8.65. The Balaban J connectivity index is 2.07. The molecule has 3 aliphatic rings. The van der Waals surface area contributed by atoms with Crippen molar-refractivity contribution >= 4 is 17.7 Å². The minimum Gasteiger partial charge on any atom is -0.479 e. The zero-order valence-electron chi connectivity index (χ0n) is 15.5. The molecule has 0 aromatic rings. The summed E-state index contributed by atoms with van der Waals surface area (Å²) < 4.78 is 16.7. The highest BCUT2D eigenvalue weighted by atomic mass is 16.6. The first-order chi connectivity index (χ1) is 12.6. The second-order valence-electron chi connectivity index (χ2n) is 7.22. The normalized spacial score (nSPS) is 36.1. The first-order valence-corrected chi connectivity index (χ1v) is 8.65. The fourth-order valence-corrected chi connectivity index (χ4v) is 3.52. The number of carbonyl (C=O) groups excluding carboxylic acids is 3. The van der Waals surface area contributed by atoms with Gasteiger partial charge in [-0.2, -0.15) is 0 Å². The molecule has 0 aromatic heterocycles. The van der Waals surface area contributed by atoms with Gasteiger partial charge in [0.15, 0.2) is 5.60 Å². The van der Waals surface area contributed by atoms with E-state index in [0.717, 1.165) is 0 Å². The SMILES string of the molecule is C=C1C(=O)O[C@H]2C[C@@]3(C)OC(=CC3=O)C(=C)[C@@H](O)[C@@H](OC(=O)/C(C)=C\C)[C@H]12. The average Bonchev–Trinajstić information content (AvgIpc) is 3.07. The zero-order chi connectivity index (χ0) is 20.1. The van der Waals surface area contributed by atoms with Gasteiger partial charge in [-0.3, -0.25) is 4.79 Å². The van der Waals surface area contributed by atoms with E-state index in [2.05, 4.69) is 13.2 Å². The summed E-state index contributed by atoms with van der Waals surface area (Å²) in [4.78, 5) is 36.9. The van der Waals surface area contributed by atoms with Crippen molar-refractivity contribution in [1.29, 1.82) is 0 Å². The van der Waals surface area contributed by atoms with Crippen molar-refractivity contribution in [2.24, 2.45) is 5.92 Å². The van der Waals surface area contributed by atoms with E-state index in [1.165, 1.54) is 6.08 Å². The van der Waals surface area contributed by atoms with Crippen LogP contribution in [0.3, 0.4) is 0 Å². The fraction of sp³-hybridized carbons (Fsp3) is 0.450. The van der Waals surface area contributed by atoms with Gasteiger partial charge in [-0.15, -0.1) is 0 Å². The van der Waals surface area contributed by atoms with Gasteiger partial charge in [0.05, 0.1) is 5.92 Å². The maximum atomic E-state index is 12.4. The molecule has 2 saturated heterocycles. The van der Waals surface area contributed by atoms with Crippen LogP contribution in [0.1, 0.15) is 27.2 Å². The standard InChI is InChI=1S/C20H22O7/c1-6-9(2)18(23)26-17-15-11(4)19(24)25-13(15)8-20(5)14(21)7-12(27-20)10(3)16(17)22/h6-7,13,15-17,22H,3-4,8H2,1-2,5H3/b9-6-/t13-,15+,16+,17-,20+/m0/s1. The Morgan fingerprint density at radius 2 is 2.04 bits per heavy atom. The highest BCUT2D eigenvalue weighted by molar-refractivity contribution is 6.00. The molecule has 144 valence electrons. The number of aliphatic hydroxyl groups is 1. The highest BCUT2D eigenvalue weighted by Crippen LogP contribution is 2.44. The van der Waals surface area contributed by atoms with Crippen molar-refractivity contribution in [3.63, 3.8) is 0 Å². The van der Waals surface area contributed by atoms with E-state index in [4.69, 9.17) is 14.2 Å². The van der Waals surface area contributed by atoms with Crippen molar-refractivity contribution in [2.45, 2.75) is 51.1 Å². The summed E-state index contributed by atoms with van der Waals surface area (Å²) in [5, 5.41) is 10.9. The summed E-state index contributed by atoms with van der Waals surface area (Å²) in [6.45, 7) is 12.4. The summed E-state index contributed by atoms with van der Waals surface area (Å²) >= 11 is 0. The molecule has 3 aliphatic heterocycles. The fourth-order valence-electron chi connectivity index (χ4n) is 3.52. The van der Waals surface area contributed by atoms with Crippen LogP contribution in [0.4, 0.5) is 0 Å². The van der Waals surface area contributed by atoms with Gasteiger partial charge < -0.3 is 19.3 Å². The summed E-state index contributed by atoms with van der Waals surface area (Å²) in [5.41, 5.74) is -0.746. The Bertz CT molecular complexity index is 818. The van der Waals surface area contributed by atoms with Gasteiger partial charge in [-0.25, -0.2) is 9.59 Å². The van der Waals surface area contributed by atoms with Gasteiger partial charge in [0.2, 0.25) is 5.78 Å². The molecule has 0 saturated carbocycles. The predicted molar refractivity (Wildman–Crippen MR) is 94.2 cm³/mol. The summed E-state index contributed by atoms with van der Waals surface area (Å²) in [6, 6.07) is 0. The van der Waals surface area contributed by atoms with Crippen LogP contribution in [-0.2, 0) is 28.6 Å². The van der Waals surface area contributed by atoms with Crippen molar-refractivity contribution in [3.8, 4) is 0 Å². The third-order valence-corrected chi connectivity index (χ3v) is 5.37. The summed E-state index contributed by atoms with van der Waals surface area (Å²) in [6.07, 6.45) is -0.528. The molecule has 2 fully saturated rings. The number of esters is 2. The number of ether oxygens (including phenoxy) is 3. The van der Waals surface area contributed by atoms with Crippen molar-refractivity contribution in [3.05, 3.63) is 47.8 Å². The number of ketones is 1. The van der Waals surface area contributed by atoms with Gasteiger partial charge in [-0.05, 0) is 20.8 Å². The molecule has 0 aromatic carbocycles. The molecule has 0 aliphatic carbocycles. The van der Waals surface area contributed by atoms with Crippen LogP contribution in [0.5, 0.6) is 0 Å². The summed E-state index contributed by atoms with van der Waals surface area (Å²) in [5.74, 6) is -2.30. The van der Waals surface area contributed by atoms with Crippen LogP contribution in [0.15, 0.2) is 47.8 Å². The number of carbonyl (C=O) groups is 3. The van der Waals surface area contributed by atoms with Crippen molar-refractivity contribution in [2.75, 3.05) is 0 Å². The van der Waals surface area contributed by atoms with Gasteiger partial charge in [0, 0.05) is 29.2 Å². The van der Waals surface area contributed by atoms with Crippen LogP contribution in [0.2, 0.25) is 0 Å². The van der Waals surface area contributed by atoms with E-state index in [9.17, 15) is 19.5 Å². The molecule has 1 N–H and O–H groups in total. The Hall–Kier alpha value is -2.67. The number of hydrogen-bond donors (Lipinski definition) is 1. The van der Waals surface area contributed by atoms with Gasteiger partial charge in [0.1, 0.15) is 24.1 Å². The molecule has 0 spiro atoms. The number of hydrogen-bond acceptors (Lipinski definition) is 7. The van der Waals surface area contributed by atoms with E-state index in [1.54, 1.807) is 26.8 Å². The molecule has 3 heterocycles. The smallest absolute Gasteiger partial charge is 0.334 e. The highest BCUT2D eigenvalue weighted by Gasteiger charge is 2.55. The molecule has 2 bridgehead atoms. The molecule has 0 unspecified atom stereocenters. The average molecular weight is 374 g/mol. The third kappa shape index (κ3) is 3.02. The lowest BCUT2D eigenvalue weighted by Gasteiger charge is -2.31. The minimum atomic E-state index is -1.41. The number of allylic oxidation sites excluding steroid dienone is 1. The third-order valence-electron chi connectivity index (χ3n) is 5.37. The van der Waals surface area contributed by atoms with E-state index >= 15 is 0 Å². The first kappa shape index (κ1) is 19.1. The van der Waals surface area contributed by atoms with E-state index in [-0.39, 0.29) is 29.1 Å². The molecular formula is C20H22O7. The van der Waals surface area contributed by atoms with E-state index in [0.29, 0.717) is 5.57 Å².